The Balaban J connectivity index is 1.02. The van der Waals surface area contributed by atoms with Crippen molar-refractivity contribution in [3.63, 3.8) is 0 Å². The highest BCUT2D eigenvalue weighted by Gasteiger charge is 2.45. The molecule has 340 valence electrons. The lowest BCUT2D eigenvalue weighted by molar-refractivity contribution is -0.144. The number of hydrogen-bond acceptors (Lipinski definition) is 13. The van der Waals surface area contributed by atoms with Crippen LogP contribution in [0.15, 0.2) is 78.5 Å². The van der Waals surface area contributed by atoms with Crippen molar-refractivity contribution in [2.45, 2.75) is 84.7 Å². The largest absolute Gasteiger partial charge is 0.494 e. The number of aliphatic hydroxyl groups is 1. The number of anilines is 2. The van der Waals surface area contributed by atoms with Gasteiger partial charge in [-0.05, 0) is 73.9 Å². The molecule has 0 aliphatic carbocycles. The predicted octanol–water partition coefficient (Wildman–Crippen LogP) is 4.89. The molecule has 7 N–H and O–H groups in total. The molecule has 2 aromatic carbocycles. The molecule has 2 aliphatic heterocycles. The average molecular weight is 893 g/mol. The van der Waals surface area contributed by atoms with E-state index < -0.39 is 35.4 Å². The van der Waals surface area contributed by atoms with Crippen LogP contribution in [-0.4, -0.2) is 118 Å². The van der Waals surface area contributed by atoms with Crippen LogP contribution in [0.25, 0.3) is 10.4 Å². The lowest BCUT2D eigenvalue weighted by Gasteiger charge is -2.39. The first-order valence-electron chi connectivity index (χ1n) is 21.5. The highest BCUT2D eigenvalue weighted by atomic mass is 32.1. The Morgan fingerprint density at radius 2 is 1.72 bits per heavy atom. The van der Waals surface area contributed by atoms with Crippen LogP contribution >= 0.6 is 11.3 Å². The zero-order valence-corrected chi connectivity index (χ0v) is 38.4. The fourth-order valence-electron chi connectivity index (χ4n) is 8.11. The smallest absolute Gasteiger partial charge is 0.274 e. The highest BCUT2D eigenvalue weighted by molar-refractivity contribution is 7.13. The van der Waals surface area contributed by atoms with E-state index >= 15 is 0 Å². The predicted molar refractivity (Wildman–Crippen MR) is 250 cm³/mol. The maximum absolute atomic E-state index is 14.3. The number of amides is 4. The Hall–Kier alpha value is -6.17. The number of nitrogens with one attached hydrogen (secondary N) is 4. The third-order valence-electron chi connectivity index (χ3n) is 11.8. The van der Waals surface area contributed by atoms with Gasteiger partial charge in [0.15, 0.2) is 0 Å². The molecule has 0 unspecified atom stereocenters. The number of pyridine rings is 1. The zero-order valence-electron chi connectivity index (χ0n) is 37.6. The molecule has 0 saturated carbocycles. The van der Waals surface area contributed by atoms with E-state index in [1.54, 1.807) is 35.6 Å². The molecule has 16 nitrogen and oxygen atoms in total. The number of nitrogens with zero attached hydrogens (tertiary/aromatic N) is 5. The number of allylic oxidation sites excluding steroid dienone is 1. The van der Waals surface area contributed by atoms with Crippen LogP contribution in [0.5, 0.6) is 5.75 Å². The van der Waals surface area contributed by atoms with Gasteiger partial charge >= 0.3 is 0 Å². The molecule has 0 radical (unpaired) electrons. The van der Waals surface area contributed by atoms with Gasteiger partial charge in [0.25, 0.3) is 5.91 Å². The van der Waals surface area contributed by atoms with Crippen molar-refractivity contribution < 1.29 is 29.0 Å². The number of carbonyl (C=O) groups excluding carboxylic acids is 4. The van der Waals surface area contributed by atoms with Crippen LogP contribution in [0, 0.1) is 17.7 Å². The summed E-state index contributed by atoms with van der Waals surface area (Å²) in [5.74, 6) is -1.01. The number of nitrogens with two attached hydrogens (primary N) is 1. The lowest BCUT2D eigenvalue weighted by atomic mass is 9.85. The standard InChI is InChI=1S/C47H60N10O6S/c1-28(55-19-21-56(22-20-55)33-15-16-37(40(24-33)63-7)53-44(60)38-10-8-9-36(52-38)35(49)17-18-48)23-41(59)54-43(47(4,5)6)46(62)57-26-34(58)25-39(57)45(61)51-29(2)31-11-13-32(14-12-31)42-30(3)50-27-64-42/h8-18,24,27-29,34,39,43,49,58H,19-23,25-26,48H2,1-7H3,(H,51,61)(H,53,60)(H,54,59)/b18-17-,49-35?/t28-,29+,34-,39+,43-/m1/s1. The number of aryl methyl sites for hydroxylation is 1. The number of thiazole rings is 1. The maximum Gasteiger partial charge on any atom is 0.274 e. The minimum Gasteiger partial charge on any atom is -0.494 e. The number of rotatable bonds is 15. The van der Waals surface area contributed by atoms with Crippen LogP contribution in [0.2, 0.25) is 0 Å². The molecule has 0 bridgehead atoms. The van der Waals surface area contributed by atoms with E-state index in [4.69, 9.17) is 15.9 Å². The molecular weight excluding hydrogens is 833 g/mol. The third kappa shape index (κ3) is 11.3. The van der Waals surface area contributed by atoms with Crippen LogP contribution in [0.3, 0.4) is 0 Å². The van der Waals surface area contributed by atoms with Crippen LogP contribution in [0.4, 0.5) is 11.4 Å². The second-order valence-corrected chi connectivity index (χ2v) is 18.3. The third-order valence-corrected chi connectivity index (χ3v) is 12.8. The maximum atomic E-state index is 14.3. The van der Waals surface area contributed by atoms with E-state index in [2.05, 4.69) is 35.7 Å². The Morgan fingerprint density at radius 1 is 1.02 bits per heavy atom. The second-order valence-electron chi connectivity index (χ2n) is 17.5. The molecule has 6 rings (SSSR count). The molecule has 4 amide bonds. The summed E-state index contributed by atoms with van der Waals surface area (Å²) in [6.07, 6.45) is 2.03. The second kappa shape index (κ2) is 20.6. The summed E-state index contributed by atoms with van der Waals surface area (Å²) in [6, 6.07) is 16.1. The van der Waals surface area contributed by atoms with Crippen molar-refractivity contribution in [2.75, 3.05) is 50.1 Å². The number of likely N-dealkylation sites (tertiary alicyclic amines) is 1. The highest BCUT2D eigenvalue weighted by Crippen LogP contribution is 2.32. The molecular formula is C47H60N10O6S. The summed E-state index contributed by atoms with van der Waals surface area (Å²) in [6.45, 7) is 14.2. The van der Waals surface area contributed by atoms with Gasteiger partial charge in [-0.1, -0.05) is 51.1 Å². The van der Waals surface area contributed by atoms with Crippen LogP contribution in [-0.2, 0) is 14.4 Å². The Labute approximate surface area is 378 Å². The molecule has 64 heavy (non-hydrogen) atoms. The molecule has 5 atom stereocenters. The summed E-state index contributed by atoms with van der Waals surface area (Å²) >= 11 is 1.58. The molecule has 4 heterocycles. The van der Waals surface area contributed by atoms with Crippen molar-refractivity contribution in [3.8, 4) is 16.2 Å². The van der Waals surface area contributed by atoms with Crippen LogP contribution in [0.1, 0.15) is 80.9 Å². The topological polar surface area (TPSA) is 219 Å². The van der Waals surface area contributed by atoms with E-state index in [-0.39, 0.29) is 54.7 Å². The normalized spacial score (nSPS) is 18.3. The number of aliphatic hydroxyl groups excluding tert-OH is 1. The van der Waals surface area contributed by atoms with Gasteiger partial charge < -0.3 is 41.3 Å². The number of aromatic nitrogens is 2. The molecule has 4 aromatic rings. The molecule has 0 spiro atoms. The molecule has 2 fully saturated rings. The van der Waals surface area contributed by atoms with Crippen LogP contribution < -0.4 is 31.3 Å². The summed E-state index contributed by atoms with van der Waals surface area (Å²) in [5.41, 5.74) is 11.4. The van der Waals surface area contributed by atoms with E-state index in [1.807, 2.05) is 83.5 Å². The van der Waals surface area contributed by atoms with Crippen molar-refractivity contribution in [1.29, 1.82) is 5.41 Å². The number of methoxy groups -OCH3 is 1. The average Bonchev–Trinajstić information content (AvgIpc) is 3.90. The molecule has 2 saturated heterocycles. The van der Waals surface area contributed by atoms with Gasteiger partial charge in [0.05, 0.1) is 52.4 Å². The summed E-state index contributed by atoms with van der Waals surface area (Å²) in [4.78, 5) is 70.4. The minimum absolute atomic E-state index is 0.00633. The van der Waals surface area contributed by atoms with Crippen molar-refractivity contribution >= 4 is 52.1 Å². The number of benzene rings is 2. The number of hydrogen-bond donors (Lipinski definition) is 6. The summed E-state index contributed by atoms with van der Waals surface area (Å²) < 4.78 is 5.65. The quantitative estimate of drug-likeness (QED) is 0.0884. The number of ether oxygens (including phenoxy) is 1. The lowest BCUT2D eigenvalue weighted by Crippen LogP contribution is -2.58. The van der Waals surface area contributed by atoms with E-state index in [9.17, 15) is 24.3 Å². The summed E-state index contributed by atoms with van der Waals surface area (Å²) in [7, 11) is 1.54. The first-order chi connectivity index (χ1) is 30.5. The number of β-amino-alcohol motifs (C(OH)–C–C–N with tert-alkyl or cyclic N) is 1. The van der Waals surface area contributed by atoms with Gasteiger partial charge in [-0.3, -0.25) is 29.5 Å². The monoisotopic (exact) mass is 892 g/mol. The van der Waals surface area contributed by atoms with Crippen molar-refractivity contribution in [3.05, 3.63) is 101 Å². The SMILES string of the molecule is COc1cc(N2CCN([C@H](C)CC(=O)N[C@H](C(=O)N3C[C@H](O)C[C@H]3C(=O)N[C@@H](C)c3ccc(-c4scnc4C)cc3)C(C)(C)C)CC2)ccc1NC(=O)c1cccc(C(=N)/C=C\N)n1. The fourth-order valence-corrected chi connectivity index (χ4v) is 8.92. The van der Waals surface area contributed by atoms with Gasteiger partial charge in [0.1, 0.15) is 23.5 Å². The molecule has 2 aromatic heterocycles. The Morgan fingerprint density at radius 3 is 2.36 bits per heavy atom. The molecule has 17 heteroatoms. The first kappa shape index (κ1) is 47.3. The van der Waals surface area contributed by atoms with Gasteiger partial charge in [-0.25, -0.2) is 9.97 Å². The summed E-state index contributed by atoms with van der Waals surface area (Å²) in [5, 5.41) is 27.7. The van der Waals surface area contributed by atoms with Gasteiger partial charge in [0.2, 0.25) is 17.7 Å². The first-order valence-corrected chi connectivity index (χ1v) is 22.4. The van der Waals surface area contributed by atoms with Gasteiger partial charge in [0, 0.05) is 63.4 Å². The van der Waals surface area contributed by atoms with Gasteiger partial charge in [-0.15, -0.1) is 11.3 Å². The Bertz CT molecular complexity index is 2350. The number of piperazine rings is 1. The number of carbonyl (C=O) groups is 4. The van der Waals surface area contributed by atoms with E-state index in [0.717, 1.165) is 27.4 Å². The van der Waals surface area contributed by atoms with E-state index in [1.165, 1.54) is 24.3 Å². The fraction of sp³-hybridized carbons (Fsp3) is 0.426. The zero-order chi connectivity index (χ0) is 46.3. The van der Waals surface area contributed by atoms with Crippen molar-refractivity contribution in [2.24, 2.45) is 11.1 Å². The molecule has 2 aliphatic rings. The Kier molecular flexibility index (Phi) is 15.2. The van der Waals surface area contributed by atoms with Crippen molar-refractivity contribution in [1.82, 2.24) is 30.4 Å². The van der Waals surface area contributed by atoms with Gasteiger partial charge in [-0.2, -0.15) is 0 Å². The minimum atomic E-state index is -0.928. The van der Waals surface area contributed by atoms with E-state index in [0.29, 0.717) is 43.3 Å².